The van der Waals surface area contributed by atoms with Gasteiger partial charge in [0.25, 0.3) is 0 Å². The zero-order valence-corrected chi connectivity index (χ0v) is 13.5. The van der Waals surface area contributed by atoms with Crippen LogP contribution in [0.5, 0.6) is 0 Å². The van der Waals surface area contributed by atoms with Crippen molar-refractivity contribution in [2.75, 3.05) is 17.6 Å². The maximum absolute atomic E-state index is 11.7. The Morgan fingerprint density at radius 3 is 2.58 bits per heavy atom. The minimum atomic E-state index is -0.185. The van der Waals surface area contributed by atoms with Gasteiger partial charge >= 0.3 is 0 Å². The highest BCUT2D eigenvalue weighted by atomic mass is 79.9. The summed E-state index contributed by atoms with van der Waals surface area (Å²) >= 11 is 3.45. The van der Waals surface area contributed by atoms with Gasteiger partial charge in [-0.25, -0.2) is 0 Å². The van der Waals surface area contributed by atoms with Crippen LogP contribution in [0.15, 0.2) is 16.6 Å². The minimum Gasteiger partial charge on any atom is -0.398 e. The van der Waals surface area contributed by atoms with Gasteiger partial charge in [-0.3, -0.25) is 4.79 Å². The van der Waals surface area contributed by atoms with Crippen molar-refractivity contribution in [3.05, 3.63) is 22.2 Å². The summed E-state index contributed by atoms with van der Waals surface area (Å²) in [7, 11) is 0. The maximum atomic E-state index is 11.7. The molecule has 0 heterocycles. The van der Waals surface area contributed by atoms with Crippen LogP contribution >= 0.6 is 15.9 Å². The molecule has 0 aliphatic rings. The Balaban J connectivity index is 2.50. The summed E-state index contributed by atoms with van der Waals surface area (Å²) in [5, 5.41) is 6.16. The Morgan fingerprint density at radius 2 is 2.00 bits per heavy atom. The second kappa shape index (κ2) is 6.28. The molecular formula is C14H22BrN3O. The van der Waals surface area contributed by atoms with Gasteiger partial charge in [0.15, 0.2) is 0 Å². The number of carbonyl (C=O) groups excluding carboxylic acids is 1. The van der Waals surface area contributed by atoms with Crippen molar-refractivity contribution in [2.45, 2.75) is 39.7 Å². The van der Waals surface area contributed by atoms with E-state index in [1.54, 1.807) is 0 Å². The number of nitrogen functional groups attached to an aromatic ring is 1. The molecule has 106 valence electrons. The first-order valence-corrected chi connectivity index (χ1v) is 7.09. The molecule has 19 heavy (non-hydrogen) atoms. The van der Waals surface area contributed by atoms with Gasteiger partial charge < -0.3 is 16.4 Å². The van der Waals surface area contributed by atoms with E-state index in [1.807, 2.05) is 39.8 Å². The highest BCUT2D eigenvalue weighted by Crippen LogP contribution is 2.27. The number of nitrogens with one attached hydrogen (secondary N) is 2. The van der Waals surface area contributed by atoms with Gasteiger partial charge in [-0.15, -0.1) is 0 Å². The Hall–Kier alpha value is -1.23. The Bertz CT molecular complexity index is 466. The monoisotopic (exact) mass is 327 g/mol. The summed E-state index contributed by atoms with van der Waals surface area (Å²) < 4.78 is 0.909. The quantitative estimate of drug-likeness (QED) is 0.744. The number of halogens is 1. The number of aryl methyl sites for hydroxylation is 1. The van der Waals surface area contributed by atoms with E-state index in [0.717, 1.165) is 21.4 Å². The summed E-state index contributed by atoms with van der Waals surface area (Å²) in [6.45, 7) is 8.46. The molecule has 0 aromatic heterocycles. The van der Waals surface area contributed by atoms with E-state index in [0.29, 0.717) is 13.0 Å². The normalized spacial score (nSPS) is 11.2. The van der Waals surface area contributed by atoms with Gasteiger partial charge in [0.1, 0.15) is 0 Å². The third-order valence-electron chi connectivity index (χ3n) is 2.54. The molecule has 1 rings (SSSR count). The van der Waals surface area contributed by atoms with Crippen LogP contribution in [0.4, 0.5) is 11.4 Å². The van der Waals surface area contributed by atoms with Gasteiger partial charge in [0, 0.05) is 34.4 Å². The summed E-state index contributed by atoms with van der Waals surface area (Å²) in [5.41, 5.74) is 8.35. The molecule has 0 saturated heterocycles. The van der Waals surface area contributed by atoms with Crippen molar-refractivity contribution >= 4 is 33.2 Å². The third-order valence-corrected chi connectivity index (χ3v) is 3.19. The average molecular weight is 328 g/mol. The summed E-state index contributed by atoms with van der Waals surface area (Å²) in [5.74, 6) is 0.0447. The SMILES string of the molecule is Cc1cc(NCCC(=O)NC(C)(C)C)c(Br)cc1N. The number of rotatable bonds is 4. The van der Waals surface area contributed by atoms with E-state index in [9.17, 15) is 4.79 Å². The highest BCUT2D eigenvalue weighted by molar-refractivity contribution is 9.10. The largest absolute Gasteiger partial charge is 0.398 e. The number of nitrogens with two attached hydrogens (primary N) is 1. The van der Waals surface area contributed by atoms with E-state index in [4.69, 9.17) is 5.73 Å². The van der Waals surface area contributed by atoms with Crippen LogP contribution in [-0.4, -0.2) is 18.0 Å². The lowest BCUT2D eigenvalue weighted by molar-refractivity contribution is -0.122. The number of anilines is 2. The van der Waals surface area contributed by atoms with Crippen LogP contribution in [0.1, 0.15) is 32.8 Å². The standard InChI is InChI=1S/C14H22BrN3O/c1-9-7-12(10(15)8-11(9)16)17-6-5-13(19)18-14(2,3)4/h7-8,17H,5-6,16H2,1-4H3,(H,18,19). The predicted octanol–water partition coefficient (Wildman–Crippen LogP) is 3.06. The first-order valence-electron chi connectivity index (χ1n) is 6.29. The van der Waals surface area contributed by atoms with Gasteiger partial charge in [0.05, 0.1) is 0 Å². The lowest BCUT2D eigenvalue weighted by Gasteiger charge is -2.20. The number of carbonyl (C=O) groups is 1. The van der Waals surface area contributed by atoms with E-state index < -0.39 is 0 Å². The molecule has 0 unspecified atom stereocenters. The molecule has 0 aliphatic carbocycles. The second-order valence-corrected chi connectivity index (χ2v) is 6.52. The molecule has 0 fully saturated rings. The fraction of sp³-hybridized carbons (Fsp3) is 0.500. The topological polar surface area (TPSA) is 67.2 Å². The molecule has 4 N–H and O–H groups in total. The molecular weight excluding hydrogens is 306 g/mol. The van der Waals surface area contributed by atoms with E-state index >= 15 is 0 Å². The van der Waals surface area contributed by atoms with Crippen molar-refractivity contribution in [3.8, 4) is 0 Å². The molecule has 4 nitrogen and oxygen atoms in total. The zero-order valence-electron chi connectivity index (χ0n) is 11.9. The molecule has 0 radical (unpaired) electrons. The third kappa shape index (κ3) is 5.51. The highest BCUT2D eigenvalue weighted by Gasteiger charge is 2.13. The van der Waals surface area contributed by atoms with Crippen molar-refractivity contribution in [1.82, 2.24) is 5.32 Å². The van der Waals surface area contributed by atoms with Crippen LogP contribution in [0, 0.1) is 6.92 Å². The van der Waals surface area contributed by atoms with Crippen molar-refractivity contribution in [3.63, 3.8) is 0 Å². The molecule has 0 aliphatic heterocycles. The number of hydrogen-bond acceptors (Lipinski definition) is 3. The fourth-order valence-electron chi connectivity index (χ4n) is 1.62. The van der Waals surface area contributed by atoms with Gasteiger partial charge in [0.2, 0.25) is 5.91 Å². The maximum Gasteiger partial charge on any atom is 0.222 e. The zero-order chi connectivity index (χ0) is 14.6. The molecule has 1 amide bonds. The lowest BCUT2D eigenvalue weighted by Crippen LogP contribution is -2.41. The second-order valence-electron chi connectivity index (χ2n) is 5.66. The molecule has 0 bridgehead atoms. The summed E-state index contributed by atoms with van der Waals surface area (Å²) in [6, 6.07) is 3.84. The smallest absolute Gasteiger partial charge is 0.222 e. The Labute approximate surface area is 123 Å². The fourth-order valence-corrected chi connectivity index (χ4v) is 2.13. The van der Waals surface area contributed by atoms with Crippen LogP contribution in [-0.2, 0) is 4.79 Å². The first kappa shape index (κ1) is 15.8. The van der Waals surface area contributed by atoms with Gasteiger partial charge in [-0.05, 0) is 61.3 Å². The Kier molecular flexibility index (Phi) is 5.23. The predicted molar refractivity (Wildman–Crippen MR) is 84.3 cm³/mol. The van der Waals surface area contributed by atoms with E-state index in [-0.39, 0.29) is 11.4 Å². The molecule has 0 spiro atoms. The minimum absolute atomic E-state index is 0.0447. The molecule has 0 saturated carbocycles. The van der Waals surface area contributed by atoms with Crippen LogP contribution in [0.25, 0.3) is 0 Å². The van der Waals surface area contributed by atoms with E-state index in [1.165, 1.54) is 0 Å². The van der Waals surface area contributed by atoms with Crippen molar-refractivity contribution in [2.24, 2.45) is 0 Å². The van der Waals surface area contributed by atoms with Crippen LogP contribution < -0.4 is 16.4 Å². The Morgan fingerprint density at radius 1 is 1.37 bits per heavy atom. The van der Waals surface area contributed by atoms with Gasteiger partial charge in [-0.2, -0.15) is 0 Å². The molecule has 0 atom stereocenters. The van der Waals surface area contributed by atoms with Crippen LogP contribution in [0.2, 0.25) is 0 Å². The first-order chi connectivity index (χ1) is 8.69. The molecule has 1 aromatic carbocycles. The van der Waals surface area contributed by atoms with E-state index in [2.05, 4.69) is 26.6 Å². The van der Waals surface area contributed by atoms with Crippen molar-refractivity contribution in [1.29, 1.82) is 0 Å². The number of benzene rings is 1. The number of amides is 1. The summed E-state index contributed by atoms with van der Waals surface area (Å²) in [4.78, 5) is 11.7. The average Bonchev–Trinajstić information content (AvgIpc) is 2.22. The number of hydrogen-bond donors (Lipinski definition) is 3. The molecule has 5 heteroatoms. The van der Waals surface area contributed by atoms with Gasteiger partial charge in [-0.1, -0.05) is 0 Å². The summed E-state index contributed by atoms with van der Waals surface area (Å²) in [6.07, 6.45) is 0.438. The molecule has 1 aromatic rings. The van der Waals surface area contributed by atoms with Crippen molar-refractivity contribution < 1.29 is 4.79 Å². The van der Waals surface area contributed by atoms with Crippen LogP contribution in [0.3, 0.4) is 0 Å². The lowest BCUT2D eigenvalue weighted by atomic mass is 10.1.